The number of rotatable bonds is 11. The van der Waals surface area contributed by atoms with Crippen LogP contribution < -0.4 is 62.6 Å². The minimum Gasteiger partial charge on any atom is -1.00 e. The third kappa shape index (κ3) is 6.93. The molecular weight excluding hydrogens is 678 g/mol. The minimum atomic E-state index is 0. The molecule has 0 aliphatic carbocycles. The van der Waals surface area contributed by atoms with E-state index in [1.165, 1.54) is 10.9 Å². The Labute approximate surface area is 249 Å². The van der Waals surface area contributed by atoms with Gasteiger partial charge in [-0.1, -0.05) is 26.0 Å². The first kappa shape index (κ1) is 30.9. The lowest BCUT2D eigenvalue weighted by molar-refractivity contribution is -0.870. The van der Waals surface area contributed by atoms with E-state index in [2.05, 4.69) is 87.2 Å². The van der Waals surface area contributed by atoms with Gasteiger partial charge in [0, 0.05) is 12.6 Å². The summed E-state index contributed by atoms with van der Waals surface area (Å²) in [4.78, 5) is 2.46. The lowest BCUT2D eigenvalue weighted by atomic mass is 10.1. The first-order valence-corrected chi connectivity index (χ1v) is 12.5. The molecule has 0 saturated carbocycles. The number of anilines is 1. The lowest BCUT2D eigenvalue weighted by Gasteiger charge is -2.23. The van der Waals surface area contributed by atoms with E-state index < -0.39 is 0 Å². The molecule has 0 fully saturated rings. The quantitative estimate of drug-likeness (QED) is 0.0918. The van der Waals surface area contributed by atoms with Crippen molar-refractivity contribution in [2.45, 2.75) is 20.3 Å². The summed E-state index contributed by atoms with van der Waals surface area (Å²) in [6.07, 6.45) is 1.09. The highest BCUT2D eigenvalue weighted by Crippen LogP contribution is 2.37. The summed E-state index contributed by atoms with van der Waals surface area (Å²) in [5.74, 6) is 0.880. The number of fused-ring (bicyclic) bond motifs is 4. The van der Waals surface area contributed by atoms with Crippen LogP contribution in [0.5, 0.6) is 5.75 Å². The van der Waals surface area contributed by atoms with Crippen LogP contribution in [-0.4, -0.2) is 69.9 Å². The van der Waals surface area contributed by atoms with Crippen molar-refractivity contribution in [2.75, 3.05) is 65.8 Å². The predicted octanol–water partition coefficient (Wildman–Crippen LogP) is -1.20. The van der Waals surface area contributed by atoms with Crippen LogP contribution in [0.2, 0.25) is 0 Å². The Balaban J connectivity index is 0.00000228. The van der Waals surface area contributed by atoms with E-state index >= 15 is 0 Å². The van der Waals surface area contributed by atoms with Crippen LogP contribution in [0.4, 0.5) is 5.69 Å². The van der Waals surface area contributed by atoms with Gasteiger partial charge in [0.2, 0.25) is 11.1 Å². The molecule has 0 saturated heterocycles. The maximum Gasteiger partial charge on any atom is 0.261 e. The molecule has 2 aromatic heterocycles. The number of hydrogen-bond acceptors (Lipinski definition) is 4. The molecule has 6 nitrogen and oxygen atoms in total. The number of nitrogens with zero attached hydrogens (tertiary/aromatic N) is 3. The Hall–Kier alpha value is -1.37. The van der Waals surface area contributed by atoms with Gasteiger partial charge in [-0.05, 0) is 50.3 Å². The highest BCUT2D eigenvalue weighted by atomic mass is 127. The summed E-state index contributed by atoms with van der Waals surface area (Å²) in [6.45, 7) is 10.2. The van der Waals surface area contributed by atoms with Crippen molar-refractivity contribution in [2.24, 2.45) is 7.05 Å². The number of benzene rings is 2. The molecule has 8 heteroatoms. The van der Waals surface area contributed by atoms with E-state index in [1.54, 1.807) is 0 Å². The molecule has 0 aliphatic rings. The van der Waals surface area contributed by atoms with E-state index in [-0.39, 0.29) is 48.0 Å². The number of pyridine rings is 1. The number of likely N-dealkylation sites (N-methyl/N-ethyl adjacent to an activating group) is 1. The summed E-state index contributed by atoms with van der Waals surface area (Å²) in [5.41, 5.74) is 5.14. The molecule has 4 rings (SSSR count). The van der Waals surface area contributed by atoms with Crippen molar-refractivity contribution in [1.82, 2.24) is 4.90 Å². The van der Waals surface area contributed by atoms with Gasteiger partial charge in [-0.25, -0.2) is 0 Å². The summed E-state index contributed by atoms with van der Waals surface area (Å²) in [5, 5.41) is 5.98. The first-order chi connectivity index (χ1) is 16.3. The number of furan rings is 1. The molecule has 36 heavy (non-hydrogen) atoms. The van der Waals surface area contributed by atoms with E-state index in [1.807, 2.05) is 12.1 Å². The maximum absolute atomic E-state index is 6.45. The summed E-state index contributed by atoms with van der Waals surface area (Å²) in [7, 11) is 8.65. The third-order valence-corrected chi connectivity index (χ3v) is 6.61. The molecule has 0 bridgehead atoms. The van der Waals surface area contributed by atoms with E-state index in [0.717, 1.165) is 77.1 Å². The van der Waals surface area contributed by atoms with Crippen LogP contribution in [0.1, 0.15) is 20.3 Å². The summed E-state index contributed by atoms with van der Waals surface area (Å²) >= 11 is 0. The number of aryl methyl sites for hydroxylation is 1. The predicted molar refractivity (Wildman–Crippen MR) is 142 cm³/mol. The summed E-state index contributed by atoms with van der Waals surface area (Å²) < 4.78 is 15.7. The molecule has 0 radical (unpaired) electrons. The minimum absolute atomic E-state index is 0. The van der Waals surface area contributed by atoms with Crippen molar-refractivity contribution in [3.8, 4) is 5.75 Å². The molecule has 2 aromatic carbocycles. The Morgan fingerprint density at radius 2 is 1.72 bits per heavy atom. The van der Waals surface area contributed by atoms with Gasteiger partial charge >= 0.3 is 0 Å². The molecule has 4 aromatic rings. The Bertz CT molecular complexity index is 1280. The van der Waals surface area contributed by atoms with Crippen LogP contribution >= 0.6 is 0 Å². The maximum atomic E-state index is 6.45. The highest BCUT2D eigenvalue weighted by molar-refractivity contribution is 6.11. The molecule has 1 N–H and O–H groups in total. The van der Waals surface area contributed by atoms with Crippen LogP contribution in [0, 0.1) is 0 Å². The molecule has 0 unspecified atom stereocenters. The zero-order valence-corrected chi connectivity index (χ0v) is 26.7. The standard InChI is InChI=1S/C28H39N4O2.2HI/c1-7-31(8-2)17-11-16-29-26-22-12-9-10-13-24(22)30(3)27-23-20-21(33-19-18-32(4,5)6)14-15-25(23)34-28(26)27;;/h9-10,12-15,20H,7-8,11,16-19H2,1-6H3;2*1H/q+1;;/p-1. The monoisotopic (exact) mass is 718 g/mol. The smallest absolute Gasteiger partial charge is 0.261 e. The van der Waals surface area contributed by atoms with E-state index in [0.29, 0.717) is 6.61 Å². The number of para-hydroxylation sites is 1. The van der Waals surface area contributed by atoms with Crippen LogP contribution in [0.3, 0.4) is 0 Å². The Kier molecular flexibility index (Phi) is 11.5. The fourth-order valence-electron chi connectivity index (χ4n) is 4.55. The largest absolute Gasteiger partial charge is 1.00 e. The van der Waals surface area contributed by atoms with Crippen molar-refractivity contribution in [3.63, 3.8) is 0 Å². The Morgan fingerprint density at radius 1 is 1.00 bits per heavy atom. The number of nitrogens with one attached hydrogen (secondary N) is 1. The zero-order valence-electron chi connectivity index (χ0n) is 22.4. The van der Waals surface area contributed by atoms with Gasteiger partial charge in [0.25, 0.3) is 5.52 Å². The normalized spacial score (nSPS) is 11.6. The number of quaternary nitrogens is 1. The number of halogens is 2. The van der Waals surface area contributed by atoms with Crippen molar-refractivity contribution < 1.29 is 66.2 Å². The van der Waals surface area contributed by atoms with E-state index in [4.69, 9.17) is 9.15 Å². The topological polar surface area (TPSA) is 41.5 Å². The van der Waals surface area contributed by atoms with Gasteiger partial charge in [0.1, 0.15) is 31.5 Å². The second kappa shape index (κ2) is 13.4. The lowest BCUT2D eigenvalue weighted by Crippen LogP contribution is -3.00. The molecule has 0 amide bonds. The van der Waals surface area contributed by atoms with Gasteiger partial charge in [-0.2, -0.15) is 4.57 Å². The third-order valence-electron chi connectivity index (χ3n) is 6.61. The molecule has 2 heterocycles. The van der Waals surface area contributed by atoms with Gasteiger partial charge in [0.05, 0.1) is 37.6 Å². The first-order valence-electron chi connectivity index (χ1n) is 12.5. The second-order valence-corrected chi connectivity index (χ2v) is 10.1. The average molecular weight is 718 g/mol. The molecule has 0 aliphatic heterocycles. The second-order valence-electron chi connectivity index (χ2n) is 10.1. The fraction of sp³-hybridized carbons (Fsp3) is 0.464. The van der Waals surface area contributed by atoms with E-state index in [9.17, 15) is 0 Å². The van der Waals surface area contributed by atoms with Crippen molar-refractivity contribution in [1.29, 1.82) is 0 Å². The Morgan fingerprint density at radius 3 is 2.42 bits per heavy atom. The summed E-state index contributed by atoms with van der Waals surface area (Å²) in [6, 6.07) is 14.7. The van der Waals surface area contributed by atoms with Crippen molar-refractivity contribution >= 4 is 38.7 Å². The van der Waals surface area contributed by atoms with Gasteiger partial charge in [-0.15, -0.1) is 0 Å². The van der Waals surface area contributed by atoms with Crippen molar-refractivity contribution in [3.05, 3.63) is 42.5 Å². The zero-order chi connectivity index (χ0) is 24.3. The SMILES string of the molecule is CCN(CC)CCCNc1c2ccccc2[n+](C)c2c1oc1ccc(OCC[N+](C)(C)C)cc12.[I-].[I-]. The number of ether oxygens (including phenoxy) is 1. The molecular formula is C28H40I2N4O2. The average Bonchev–Trinajstić information content (AvgIpc) is 3.19. The van der Waals surface area contributed by atoms with Crippen LogP contribution in [0.15, 0.2) is 46.9 Å². The number of aromatic nitrogens is 1. The molecule has 0 atom stereocenters. The van der Waals surface area contributed by atoms with Crippen LogP contribution in [0.25, 0.3) is 33.0 Å². The van der Waals surface area contributed by atoms with Gasteiger partial charge in [0.15, 0.2) is 0 Å². The van der Waals surface area contributed by atoms with Gasteiger partial charge < -0.3 is 71.8 Å². The fourth-order valence-corrected chi connectivity index (χ4v) is 4.55. The molecule has 0 spiro atoms. The van der Waals surface area contributed by atoms with Gasteiger partial charge in [-0.3, -0.25) is 0 Å². The highest BCUT2D eigenvalue weighted by Gasteiger charge is 2.25. The van der Waals surface area contributed by atoms with Crippen LogP contribution in [-0.2, 0) is 7.05 Å². The molecule has 198 valence electrons. The number of hydrogen-bond donors (Lipinski definition) is 1.